The van der Waals surface area contributed by atoms with Crippen LogP contribution in [-0.2, 0) is 15.8 Å². The third-order valence-electron chi connectivity index (χ3n) is 3.01. The number of nitrogens with zero attached hydrogens (tertiary/aromatic N) is 1. The Balaban J connectivity index is 1.99. The number of hydrogen-bond acceptors (Lipinski definition) is 3. The highest BCUT2D eigenvalue weighted by atomic mass is 35.5. The summed E-state index contributed by atoms with van der Waals surface area (Å²) in [6.07, 6.45) is -3.40. The van der Waals surface area contributed by atoms with Crippen LogP contribution in [0.4, 0.5) is 18.9 Å². The largest absolute Gasteiger partial charge is 0.416 e. The number of alkyl halides is 3. The lowest BCUT2D eigenvalue weighted by molar-refractivity contribution is -0.137. The van der Waals surface area contributed by atoms with Crippen molar-refractivity contribution in [3.8, 4) is 0 Å². The van der Waals surface area contributed by atoms with Gasteiger partial charge in [0.05, 0.1) is 21.8 Å². The van der Waals surface area contributed by atoms with Gasteiger partial charge in [0.1, 0.15) is 0 Å². The van der Waals surface area contributed by atoms with E-state index in [0.29, 0.717) is 11.6 Å². The number of rotatable bonds is 3. The van der Waals surface area contributed by atoms with Crippen molar-refractivity contribution in [2.75, 3.05) is 5.32 Å². The lowest BCUT2D eigenvalue weighted by atomic mass is 10.2. The zero-order valence-corrected chi connectivity index (χ0v) is 14.3. The Kier molecular flexibility index (Phi) is 6.23. The maximum atomic E-state index is 12.6. The van der Waals surface area contributed by atoms with Crippen LogP contribution in [0.25, 0.3) is 0 Å². The van der Waals surface area contributed by atoms with E-state index in [2.05, 4.69) is 10.4 Å². The van der Waals surface area contributed by atoms with Gasteiger partial charge in [-0.2, -0.15) is 18.3 Å². The Labute approximate surface area is 155 Å². The molecule has 0 saturated carbocycles. The molecular weight excluding hydrogens is 394 g/mol. The molecule has 0 heterocycles. The number of halogens is 5. The summed E-state index contributed by atoms with van der Waals surface area (Å²) in [5.41, 5.74) is 1.20. The number of carbonyl (C=O) groups excluding carboxylic acids is 2. The average Bonchev–Trinajstić information content (AvgIpc) is 2.58. The molecule has 0 aliphatic carbocycles. The van der Waals surface area contributed by atoms with E-state index in [-0.39, 0.29) is 15.7 Å². The molecule has 10 heteroatoms. The Bertz CT molecular complexity index is 870. The van der Waals surface area contributed by atoms with Crippen LogP contribution in [0, 0.1) is 0 Å². The molecule has 26 heavy (non-hydrogen) atoms. The molecule has 0 aliphatic rings. The highest BCUT2D eigenvalue weighted by Gasteiger charge is 2.30. The van der Waals surface area contributed by atoms with E-state index >= 15 is 0 Å². The molecule has 2 aromatic rings. The zero-order chi connectivity index (χ0) is 19.3. The van der Waals surface area contributed by atoms with E-state index in [1.54, 1.807) is 18.2 Å². The number of anilines is 1. The minimum absolute atomic E-state index is 0.179. The van der Waals surface area contributed by atoms with Crippen molar-refractivity contribution in [1.82, 2.24) is 5.43 Å². The van der Waals surface area contributed by atoms with Crippen LogP contribution in [-0.4, -0.2) is 18.0 Å². The van der Waals surface area contributed by atoms with Crippen molar-refractivity contribution in [3.05, 3.63) is 63.6 Å². The van der Waals surface area contributed by atoms with Crippen molar-refractivity contribution < 1.29 is 22.8 Å². The van der Waals surface area contributed by atoms with Gasteiger partial charge in [0.15, 0.2) is 0 Å². The average molecular weight is 404 g/mol. The SMILES string of the molecule is O=C(N/N=C/c1cccc(Cl)c1Cl)C(=O)Nc1cccc(C(F)(F)F)c1. The van der Waals surface area contributed by atoms with Crippen molar-refractivity contribution >= 4 is 46.9 Å². The van der Waals surface area contributed by atoms with Crippen molar-refractivity contribution in [3.63, 3.8) is 0 Å². The molecule has 0 fully saturated rings. The molecule has 2 N–H and O–H groups in total. The third-order valence-corrected chi connectivity index (χ3v) is 3.84. The van der Waals surface area contributed by atoms with Gasteiger partial charge < -0.3 is 5.32 Å². The molecule has 2 rings (SSSR count). The smallest absolute Gasteiger partial charge is 0.318 e. The van der Waals surface area contributed by atoms with Crippen LogP contribution >= 0.6 is 23.2 Å². The van der Waals surface area contributed by atoms with Crippen LogP contribution in [0.2, 0.25) is 10.0 Å². The van der Waals surface area contributed by atoms with Crippen molar-refractivity contribution in [2.45, 2.75) is 6.18 Å². The molecule has 5 nitrogen and oxygen atoms in total. The number of carbonyl (C=O) groups is 2. The molecule has 136 valence electrons. The first kappa shape index (κ1) is 19.7. The fourth-order valence-corrected chi connectivity index (χ4v) is 2.15. The summed E-state index contributed by atoms with van der Waals surface area (Å²) < 4.78 is 37.9. The molecule has 2 amide bonds. The normalized spacial score (nSPS) is 11.4. The van der Waals surface area contributed by atoms with E-state index < -0.39 is 23.6 Å². The fraction of sp³-hybridized carbons (Fsp3) is 0.0625. The van der Waals surface area contributed by atoms with Gasteiger partial charge in [0, 0.05) is 11.3 Å². The second-order valence-corrected chi connectivity index (χ2v) is 5.66. The number of nitrogens with one attached hydrogen (secondary N) is 2. The molecule has 0 bridgehead atoms. The molecule has 0 aliphatic heterocycles. The molecule has 0 atom stereocenters. The summed E-state index contributed by atoms with van der Waals surface area (Å²) in [6.45, 7) is 0. The fourth-order valence-electron chi connectivity index (χ4n) is 1.79. The topological polar surface area (TPSA) is 70.6 Å². The highest BCUT2D eigenvalue weighted by molar-refractivity contribution is 6.43. The van der Waals surface area contributed by atoms with Crippen LogP contribution in [0.5, 0.6) is 0 Å². The number of hydrogen-bond donors (Lipinski definition) is 2. The van der Waals surface area contributed by atoms with E-state index in [0.717, 1.165) is 12.1 Å². The summed E-state index contributed by atoms with van der Waals surface area (Å²) >= 11 is 11.7. The first-order chi connectivity index (χ1) is 12.2. The molecule has 0 radical (unpaired) electrons. The number of hydrazone groups is 1. The monoisotopic (exact) mass is 403 g/mol. The Morgan fingerprint density at radius 2 is 1.73 bits per heavy atom. The van der Waals surface area contributed by atoms with Gasteiger partial charge in [0.2, 0.25) is 0 Å². The maximum Gasteiger partial charge on any atom is 0.416 e. The maximum absolute atomic E-state index is 12.6. The number of amides is 2. The Hall–Kier alpha value is -2.58. The second-order valence-electron chi connectivity index (χ2n) is 4.87. The van der Waals surface area contributed by atoms with Crippen LogP contribution in [0.1, 0.15) is 11.1 Å². The van der Waals surface area contributed by atoms with E-state index in [9.17, 15) is 22.8 Å². The van der Waals surface area contributed by atoms with E-state index in [1.165, 1.54) is 12.3 Å². The van der Waals surface area contributed by atoms with Crippen LogP contribution in [0.15, 0.2) is 47.6 Å². The van der Waals surface area contributed by atoms with Gasteiger partial charge in [-0.3, -0.25) is 9.59 Å². The highest BCUT2D eigenvalue weighted by Crippen LogP contribution is 2.30. The van der Waals surface area contributed by atoms with Gasteiger partial charge in [-0.05, 0) is 24.3 Å². The van der Waals surface area contributed by atoms with Gasteiger partial charge in [-0.15, -0.1) is 0 Å². The summed E-state index contributed by atoms with van der Waals surface area (Å²) in [7, 11) is 0. The van der Waals surface area contributed by atoms with E-state index in [1.807, 2.05) is 5.43 Å². The summed E-state index contributed by atoms with van der Waals surface area (Å²) in [4.78, 5) is 23.4. The molecule has 2 aromatic carbocycles. The van der Waals surface area contributed by atoms with Gasteiger partial charge in [-0.1, -0.05) is 41.4 Å². The van der Waals surface area contributed by atoms with Crippen LogP contribution in [0.3, 0.4) is 0 Å². The first-order valence-corrected chi connectivity index (χ1v) is 7.69. The lowest BCUT2D eigenvalue weighted by Crippen LogP contribution is -2.32. The molecule has 0 unspecified atom stereocenters. The Morgan fingerprint density at radius 1 is 1.04 bits per heavy atom. The predicted octanol–water partition coefficient (Wildman–Crippen LogP) is 4.10. The van der Waals surface area contributed by atoms with Gasteiger partial charge in [-0.25, -0.2) is 5.43 Å². The predicted molar refractivity (Wildman–Crippen MR) is 92.3 cm³/mol. The lowest BCUT2D eigenvalue weighted by Gasteiger charge is -2.09. The number of benzene rings is 2. The summed E-state index contributed by atoms with van der Waals surface area (Å²) in [6, 6.07) is 8.62. The minimum atomic E-state index is -4.57. The van der Waals surface area contributed by atoms with E-state index in [4.69, 9.17) is 23.2 Å². The zero-order valence-electron chi connectivity index (χ0n) is 12.8. The quantitative estimate of drug-likeness (QED) is 0.460. The summed E-state index contributed by atoms with van der Waals surface area (Å²) in [5, 5.41) is 6.10. The van der Waals surface area contributed by atoms with Crippen LogP contribution < -0.4 is 10.7 Å². The third kappa shape index (κ3) is 5.21. The molecule has 0 saturated heterocycles. The first-order valence-electron chi connectivity index (χ1n) is 6.94. The van der Waals surface area contributed by atoms with Crippen molar-refractivity contribution in [2.24, 2.45) is 5.10 Å². The summed E-state index contributed by atoms with van der Waals surface area (Å²) in [5.74, 6) is -2.35. The molecular formula is C16H10Cl2F3N3O2. The van der Waals surface area contributed by atoms with Gasteiger partial charge >= 0.3 is 18.0 Å². The molecule has 0 aromatic heterocycles. The van der Waals surface area contributed by atoms with Gasteiger partial charge in [0.25, 0.3) is 0 Å². The Morgan fingerprint density at radius 3 is 2.42 bits per heavy atom. The minimum Gasteiger partial charge on any atom is -0.318 e. The standard InChI is InChI=1S/C16H10Cl2F3N3O2/c17-12-6-1-3-9(13(12)18)8-22-24-15(26)14(25)23-11-5-2-4-10(7-11)16(19,20)21/h1-8H,(H,23,25)(H,24,26)/b22-8+. The second kappa shape index (κ2) is 8.20. The molecule has 0 spiro atoms. The van der Waals surface area contributed by atoms with Crippen molar-refractivity contribution in [1.29, 1.82) is 0 Å².